The Balaban J connectivity index is 1.28. The second-order valence-corrected chi connectivity index (χ2v) is 13.7. The molecule has 0 aliphatic rings. The van der Waals surface area contributed by atoms with Crippen LogP contribution in [0.4, 0.5) is 0 Å². The highest BCUT2D eigenvalue weighted by molar-refractivity contribution is 6.17. The van der Waals surface area contributed by atoms with Crippen molar-refractivity contribution in [1.29, 1.82) is 0 Å². The third-order valence-electron chi connectivity index (χ3n) is 10.2. The summed E-state index contributed by atoms with van der Waals surface area (Å²) in [5.41, 5.74) is 13.1. The first-order valence-corrected chi connectivity index (χ1v) is 18.5. The Bertz CT molecular complexity index is 2880. The highest BCUT2D eigenvalue weighted by Crippen LogP contribution is 2.43. The molecule has 0 fully saturated rings. The molecule has 0 N–H and O–H groups in total. The van der Waals surface area contributed by atoms with E-state index < -0.39 is 0 Å². The summed E-state index contributed by atoms with van der Waals surface area (Å²) in [5, 5.41) is 2.35. The number of benzene rings is 8. The van der Waals surface area contributed by atoms with Crippen LogP contribution in [0.1, 0.15) is 0 Å². The highest BCUT2D eigenvalue weighted by Gasteiger charge is 2.21. The van der Waals surface area contributed by atoms with E-state index in [-0.39, 0.29) is 0 Å². The number of hydrogen-bond donors (Lipinski definition) is 0. The molecule has 0 saturated heterocycles. The SMILES string of the molecule is c1ccc(-c2cccc(-n3c4cc(-c5nc(-c6ccccc6)nc(-c6ccccc6)n5)ccc4c4c(-c5ccccc5)cc(-c5ccccc5)cc43)c2)cc1. The summed E-state index contributed by atoms with van der Waals surface area (Å²) in [6, 6.07) is 72.4. The molecule has 0 aliphatic carbocycles. The smallest absolute Gasteiger partial charge is 0.164 e. The first-order valence-electron chi connectivity index (χ1n) is 18.5. The molecule has 2 aromatic heterocycles. The van der Waals surface area contributed by atoms with E-state index in [0.29, 0.717) is 17.5 Å². The monoisotopic (exact) mass is 702 g/mol. The fraction of sp³-hybridized carbons (Fsp3) is 0. The Hall–Kier alpha value is -7.43. The van der Waals surface area contributed by atoms with Crippen LogP contribution < -0.4 is 0 Å². The van der Waals surface area contributed by atoms with Crippen LogP contribution in [0.25, 0.3) is 95.0 Å². The van der Waals surface area contributed by atoms with Crippen LogP contribution in [0.15, 0.2) is 206 Å². The topological polar surface area (TPSA) is 43.6 Å². The Kier molecular flexibility index (Phi) is 8.12. The van der Waals surface area contributed by atoms with Gasteiger partial charge in [-0.2, -0.15) is 0 Å². The standard InChI is InChI=1S/C51H34N4/c1-6-17-35(18-7-1)40-27-16-28-43(31-40)55-46-33-41(51-53-49(38-23-12-4-13-24-38)52-50(54-51)39-25-14-5-15-26-39)29-30-44(46)48-45(37-21-10-3-11-22-37)32-42(34-47(48)55)36-19-8-2-9-20-36/h1-34H. The van der Waals surface area contributed by atoms with Crippen molar-refractivity contribution in [3.05, 3.63) is 206 Å². The molecule has 0 unspecified atom stereocenters. The van der Waals surface area contributed by atoms with Crippen molar-refractivity contribution in [3.63, 3.8) is 0 Å². The molecule has 2 heterocycles. The Morgan fingerprint density at radius 1 is 0.291 bits per heavy atom. The number of fused-ring (bicyclic) bond motifs is 3. The van der Waals surface area contributed by atoms with E-state index in [1.165, 1.54) is 27.6 Å². The lowest BCUT2D eigenvalue weighted by Gasteiger charge is -2.13. The zero-order chi connectivity index (χ0) is 36.6. The quantitative estimate of drug-likeness (QED) is 0.166. The fourth-order valence-corrected chi connectivity index (χ4v) is 7.60. The molecule has 4 heteroatoms. The van der Waals surface area contributed by atoms with Crippen molar-refractivity contribution >= 4 is 21.8 Å². The first kappa shape index (κ1) is 32.2. The zero-order valence-electron chi connectivity index (χ0n) is 29.9. The van der Waals surface area contributed by atoms with Gasteiger partial charge in [-0.15, -0.1) is 0 Å². The normalized spacial score (nSPS) is 11.3. The van der Waals surface area contributed by atoms with Gasteiger partial charge in [0.1, 0.15) is 0 Å². The number of nitrogens with zero attached hydrogens (tertiary/aromatic N) is 4. The van der Waals surface area contributed by atoms with Crippen molar-refractivity contribution < 1.29 is 0 Å². The lowest BCUT2D eigenvalue weighted by atomic mass is 9.94. The van der Waals surface area contributed by atoms with Crippen LogP contribution in [0.5, 0.6) is 0 Å². The van der Waals surface area contributed by atoms with E-state index in [4.69, 9.17) is 15.0 Å². The molecular formula is C51H34N4. The fourth-order valence-electron chi connectivity index (χ4n) is 7.60. The van der Waals surface area contributed by atoms with Gasteiger partial charge in [-0.1, -0.05) is 176 Å². The molecule has 258 valence electrons. The number of aromatic nitrogens is 4. The van der Waals surface area contributed by atoms with Gasteiger partial charge in [0.15, 0.2) is 17.5 Å². The van der Waals surface area contributed by atoms with E-state index >= 15 is 0 Å². The van der Waals surface area contributed by atoms with Crippen LogP contribution >= 0.6 is 0 Å². The largest absolute Gasteiger partial charge is 0.309 e. The third kappa shape index (κ3) is 6.06. The third-order valence-corrected chi connectivity index (χ3v) is 10.2. The van der Waals surface area contributed by atoms with Gasteiger partial charge in [-0.05, 0) is 63.7 Å². The minimum absolute atomic E-state index is 0.623. The minimum Gasteiger partial charge on any atom is -0.309 e. The van der Waals surface area contributed by atoms with Crippen molar-refractivity contribution in [2.75, 3.05) is 0 Å². The Morgan fingerprint density at radius 3 is 1.31 bits per heavy atom. The van der Waals surface area contributed by atoms with Gasteiger partial charge < -0.3 is 4.57 Å². The van der Waals surface area contributed by atoms with Crippen molar-refractivity contribution in [3.8, 4) is 73.2 Å². The van der Waals surface area contributed by atoms with Gasteiger partial charge in [0.25, 0.3) is 0 Å². The van der Waals surface area contributed by atoms with Crippen LogP contribution in [0.2, 0.25) is 0 Å². The average molecular weight is 703 g/mol. The molecule has 0 amide bonds. The summed E-state index contributed by atoms with van der Waals surface area (Å²) in [6.45, 7) is 0. The van der Waals surface area contributed by atoms with Crippen molar-refractivity contribution in [2.45, 2.75) is 0 Å². The van der Waals surface area contributed by atoms with E-state index in [1.807, 2.05) is 60.7 Å². The van der Waals surface area contributed by atoms with E-state index in [0.717, 1.165) is 49.9 Å². The summed E-state index contributed by atoms with van der Waals surface area (Å²) in [6.07, 6.45) is 0. The summed E-state index contributed by atoms with van der Waals surface area (Å²) in [5.74, 6) is 1.90. The highest BCUT2D eigenvalue weighted by atomic mass is 15.0. The van der Waals surface area contributed by atoms with E-state index in [9.17, 15) is 0 Å². The molecule has 0 spiro atoms. The number of hydrogen-bond acceptors (Lipinski definition) is 3. The zero-order valence-corrected chi connectivity index (χ0v) is 29.9. The maximum absolute atomic E-state index is 5.10. The predicted molar refractivity (Wildman–Crippen MR) is 227 cm³/mol. The molecular weight excluding hydrogens is 669 g/mol. The maximum Gasteiger partial charge on any atom is 0.164 e. The molecule has 0 bridgehead atoms. The predicted octanol–water partition coefficient (Wildman–Crippen LogP) is 13.0. The van der Waals surface area contributed by atoms with Crippen LogP contribution in [0.3, 0.4) is 0 Å². The van der Waals surface area contributed by atoms with E-state index in [1.54, 1.807) is 0 Å². The number of rotatable bonds is 7. The second kappa shape index (κ2) is 13.8. The summed E-state index contributed by atoms with van der Waals surface area (Å²) < 4.78 is 2.41. The van der Waals surface area contributed by atoms with Crippen molar-refractivity contribution in [1.82, 2.24) is 19.5 Å². The molecule has 0 radical (unpaired) electrons. The van der Waals surface area contributed by atoms with E-state index in [2.05, 4.69) is 150 Å². The van der Waals surface area contributed by atoms with Gasteiger partial charge in [0, 0.05) is 33.2 Å². The lowest BCUT2D eigenvalue weighted by Crippen LogP contribution is -2.00. The first-order chi connectivity index (χ1) is 27.3. The molecule has 10 rings (SSSR count). The van der Waals surface area contributed by atoms with Gasteiger partial charge >= 0.3 is 0 Å². The lowest BCUT2D eigenvalue weighted by molar-refractivity contribution is 1.07. The van der Waals surface area contributed by atoms with Crippen LogP contribution in [-0.2, 0) is 0 Å². The molecule has 55 heavy (non-hydrogen) atoms. The maximum atomic E-state index is 5.10. The van der Waals surface area contributed by atoms with Crippen LogP contribution in [-0.4, -0.2) is 19.5 Å². The molecule has 0 saturated carbocycles. The summed E-state index contributed by atoms with van der Waals surface area (Å²) in [4.78, 5) is 15.2. The average Bonchev–Trinajstić information content (AvgIpc) is 3.61. The second-order valence-electron chi connectivity index (χ2n) is 13.7. The Morgan fingerprint density at radius 2 is 0.745 bits per heavy atom. The van der Waals surface area contributed by atoms with Crippen LogP contribution in [0, 0.1) is 0 Å². The molecule has 10 aromatic rings. The Labute approximate surface area is 319 Å². The van der Waals surface area contributed by atoms with Gasteiger partial charge in [-0.3, -0.25) is 0 Å². The van der Waals surface area contributed by atoms with Gasteiger partial charge in [0.05, 0.1) is 11.0 Å². The molecule has 8 aromatic carbocycles. The summed E-state index contributed by atoms with van der Waals surface area (Å²) >= 11 is 0. The summed E-state index contributed by atoms with van der Waals surface area (Å²) in [7, 11) is 0. The van der Waals surface area contributed by atoms with Gasteiger partial charge in [0.2, 0.25) is 0 Å². The minimum atomic E-state index is 0.623. The van der Waals surface area contributed by atoms with Gasteiger partial charge in [-0.25, -0.2) is 15.0 Å². The van der Waals surface area contributed by atoms with Crippen molar-refractivity contribution in [2.24, 2.45) is 0 Å². The molecule has 0 atom stereocenters. The molecule has 0 aliphatic heterocycles. The molecule has 4 nitrogen and oxygen atoms in total.